The van der Waals surface area contributed by atoms with Gasteiger partial charge in [-0.15, -0.1) is 12.3 Å². The van der Waals surface area contributed by atoms with Crippen LogP contribution >= 0.6 is 0 Å². The molecule has 6 nitrogen and oxygen atoms in total. The molecule has 1 saturated carbocycles. The number of hydrogen-bond donors (Lipinski definition) is 3. The molecule has 0 radical (unpaired) electrons. The lowest BCUT2D eigenvalue weighted by Crippen LogP contribution is -2.37. The van der Waals surface area contributed by atoms with Crippen molar-refractivity contribution in [1.29, 1.82) is 0 Å². The van der Waals surface area contributed by atoms with Gasteiger partial charge in [-0.2, -0.15) is 0 Å². The van der Waals surface area contributed by atoms with Crippen molar-refractivity contribution in [3.05, 3.63) is 52.2 Å². The van der Waals surface area contributed by atoms with Crippen LogP contribution in [0.2, 0.25) is 0 Å². The zero-order chi connectivity index (χ0) is 32.6. The molecule has 0 amide bonds. The van der Waals surface area contributed by atoms with Gasteiger partial charge in [0.25, 0.3) is 0 Å². The second-order valence-corrected chi connectivity index (χ2v) is 11.6. The maximum atomic E-state index is 10.9. The van der Waals surface area contributed by atoms with Gasteiger partial charge < -0.3 is 26.1 Å². The molecule has 2 aliphatic rings. The number of nitrogens with two attached hydrogens (primary N) is 1. The minimum Gasteiger partial charge on any atom is -0.384 e. The van der Waals surface area contributed by atoms with E-state index in [1.807, 2.05) is 6.79 Å². The number of piperidine rings is 1. The van der Waals surface area contributed by atoms with Gasteiger partial charge in [0, 0.05) is 36.9 Å². The van der Waals surface area contributed by atoms with Crippen LogP contribution in [0, 0.1) is 31.1 Å². The number of hydrogen-bond acceptors (Lipinski definition) is 6. The third kappa shape index (κ3) is 14.9. The average Bonchev–Trinajstić information content (AvgIpc) is 3.04. The molecule has 242 valence electrons. The summed E-state index contributed by atoms with van der Waals surface area (Å²) in [5.41, 5.74) is 12.3. The van der Waals surface area contributed by atoms with E-state index in [4.69, 9.17) is 11.2 Å². The summed E-state index contributed by atoms with van der Waals surface area (Å²) in [4.78, 5) is 21.6. The van der Waals surface area contributed by atoms with E-state index in [1.54, 1.807) is 6.08 Å². The highest BCUT2D eigenvalue weighted by Gasteiger charge is 2.22. The summed E-state index contributed by atoms with van der Waals surface area (Å²) in [6.45, 7) is 19.3. The molecule has 0 aromatic heterocycles. The highest BCUT2D eigenvalue weighted by molar-refractivity contribution is 5.67. The molecular formula is C37H62N4O2. The fourth-order valence-corrected chi connectivity index (χ4v) is 5.80. The molecule has 2 fully saturated rings. The van der Waals surface area contributed by atoms with E-state index in [9.17, 15) is 4.79 Å². The van der Waals surface area contributed by atoms with Crippen molar-refractivity contribution >= 4 is 18.8 Å². The van der Waals surface area contributed by atoms with Gasteiger partial charge in [0.1, 0.15) is 13.1 Å². The second-order valence-electron chi connectivity index (χ2n) is 11.6. The Labute approximate surface area is 264 Å². The summed E-state index contributed by atoms with van der Waals surface area (Å²) >= 11 is 0. The zero-order valence-electron chi connectivity index (χ0n) is 28.4. The second kappa shape index (κ2) is 24.6. The lowest BCUT2D eigenvalue weighted by molar-refractivity contribution is -0.104. The quantitative estimate of drug-likeness (QED) is 0.112. The van der Waals surface area contributed by atoms with Gasteiger partial charge in [0.05, 0.1) is 0 Å². The Hall–Kier alpha value is -2.88. The summed E-state index contributed by atoms with van der Waals surface area (Å²) in [7, 11) is 1.50. The van der Waals surface area contributed by atoms with Crippen molar-refractivity contribution in [2.75, 3.05) is 31.6 Å². The molecule has 0 unspecified atom stereocenters. The van der Waals surface area contributed by atoms with Crippen molar-refractivity contribution < 1.29 is 9.59 Å². The van der Waals surface area contributed by atoms with Gasteiger partial charge in [-0.05, 0) is 125 Å². The van der Waals surface area contributed by atoms with E-state index < -0.39 is 0 Å². The fraction of sp³-hybridized carbons (Fsp3) is 0.622. The Balaban J connectivity index is 0.00000113. The normalized spacial score (nSPS) is 15.9. The number of carbonyl (C=O) groups is 2. The van der Waals surface area contributed by atoms with Gasteiger partial charge in [-0.3, -0.25) is 4.79 Å². The lowest BCUT2D eigenvalue weighted by Gasteiger charge is -2.37. The molecule has 0 bridgehead atoms. The van der Waals surface area contributed by atoms with E-state index in [0.29, 0.717) is 12.0 Å². The molecule has 1 aliphatic heterocycles. The van der Waals surface area contributed by atoms with Gasteiger partial charge >= 0.3 is 0 Å². The summed E-state index contributed by atoms with van der Waals surface area (Å²) in [5, 5.41) is 6.89. The van der Waals surface area contributed by atoms with Crippen molar-refractivity contribution in [2.45, 2.75) is 112 Å². The van der Waals surface area contributed by atoms with Crippen molar-refractivity contribution in [1.82, 2.24) is 10.6 Å². The SMILES string of the molecule is C#CCC1CCNCC1.C=O.CCc1cc(CN/C(C)=C\C(=C/C=O)C(C)C)c(C)c(N(CC)C2CCCCC2)c1.CN. The molecule has 6 heteroatoms. The largest absolute Gasteiger partial charge is 0.384 e. The molecule has 0 spiro atoms. The topological polar surface area (TPSA) is 87.5 Å². The number of carbonyl (C=O) groups excluding carboxylic acids is 2. The first-order valence-electron chi connectivity index (χ1n) is 16.3. The Morgan fingerprint density at radius 1 is 1.14 bits per heavy atom. The zero-order valence-corrected chi connectivity index (χ0v) is 28.4. The number of nitrogens with zero attached hydrogens (tertiary/aromatic N) is 1. The number of nitrogens with one attached hydrogen (secondary N) is 2. The monoisotopic (exact) mass is 594 g/mol. The van der Waals surface area contributed by atoms with Crippen LogP contribution < -0.4 is 21.3 Å². The van der Waals surface area contributed by atoms with E-state index in [0.717, 1.165) is 62.5 Å². The smallest absolute Gasteiger partial charge is 0.143 e. The number of terminal acetylenes is 1. The van der Waals surface area contributed by atoms with Gasteiger partial charge in [-0.1, -0.05) is 46.1 Å². The van der Waals surface area contributed by atoms with E-state index >= 15 is 0 Å². The van der Waals surface area contributed by atoms with Crippen LogP contribution in [0.25, 0.3) is 0 Å². The van der Waals surface area contributed by atoms with Crippen LogP contribution in [0.1, 0.15) is 103 Å². The highest BCUT2D eigenvalue weighted by atomic mass is 16.1. The third-order valence-corrected chi connectivity index (χ3v) is 8.35. The Morgan fingerprint density at radius 3 is 2.28 bits per heavy atom. The first-order chi connectivity index (χ1) is 20.8. The molecule has 4 N–H and O–H groups in total. The van der Waals surface area contributed by atoms with Crippen molar-refractivity contribution in [3.63, 3.8) is 0 Å². The maximum Gasteiger partial charge on any atom is 0.143 e. The molecule has 43 heavy (non-hydrogen) atoms. The summed E-state index contributed by atoms with van der Waals surface area (Å²) < 4.78 is 0. The van der Waals surface area contributed by atoms with E-state index in [2.05, 4.69) is 86.9 Å². The third-order valence-electron chi connectivity index (χ3n) is 8.35. The van der Waals surface area contributed by atoms with E-state index in [1.165, 1.54) is 74.4 Å². The Morgan fingerprint density at radius 2 is 1.77 bits per heavy atom. The number of aldehydes is 1. The molecule has 1 aliphatic carbocycles. The number of aryl methyl sites for hydroxylation is 1. The number of anilines is 1. The first kappa shape index (κ1) is 40.1. The lowest BCUT2D eigenvalue weighted by atomic mass is 9.92. The Bertz CT molecular complexity index is 997. The van der Waals surface area contributed by atoms with E-state index in [-0.39, 0.29) is 0 Å². The molecule has 0 atom stereocenters. The highest BCUT2D eigenvalue weighted by Crippen LogP contribution is 2.32. The minimum absolute atomic E-state index is 0.331. The van der Waals surface area contributed by atoms with Crippen LogP contribution in [-0.2, 0) is 22.6 Å². The first-order valence-corrected chi connectivity index (χ1v) is 16.3. The number of allylic oxidation sites excluding steroid dienone is 4. The molecule has 1 aromatic rings. The summed E-state index contributed by atoms with van der Waals surface area (Å²) in [6, 6.07) is 5.46. The van der Waals surface area contributed by atoms with Crippen LogP contribution in [0.5, 0.6) is 0 Å². The van der Waals surface area contributed by atoms with Crippen LogP contribution in [-0.4, -0.2) is 45.8 Å². The Kier molecular flexibility index (Phi) is 22.9. The van der Waals surface area contributed by atoms with Crippen LogP contribution in [0.3, 0.4) is 0 Å². The van der Waals surface area contributed by atoms with Gasteiger partial charge in [-0.25, -0.2) is 0 Å². The average molecular weight is 595 g/mol. The van der Waals surface area contributed by atoms with Gasteiger partial charge in [0.2, 0.25) is 0 Å². The number of benzene rings is 1. The van der Waals surface area contributed by atoms with Crippen LogP contribution in [0.15, 0.2) is 35.6 Å². The maximum absolute atomic E-state index is 10.9. The molecule has 3 rings (SSSR count). The summed E-state index contributed by atoms with van der Waals surface area (Å²) in [6.07, 6.45) is 21.1. The van der Waals surface area contributed by atoms with Crippen molar-refractivity contribution in [3.8, 4) is 12.3 Å². The molecule has 1 aromatic carbocycles. The molecular weight excluding hydrogens is 532 g/mol. The van der Waals surface area contributed by atoms with Gasteiger partial charge in [0.15, 0.2) is 0 Å². The fourth-order valence-electron chi connectivity index (χ4n) is 5.80. The standard InChI is InChI=1S/C27H42N2O.C8H13N.CH5N.CH2O/c1-7-23-17-25(19-28-21(5)16-24(14-15-30)20(3)4)22(6)27(18-23)29(8-2)26-12-10-9-11-13-26;1-2-3-8-4-6-9-7-5-8;2*1-2/h14-18,20,26,28H,7-13,19H2,1-6H3;1,8-9H,3-7H2;2H2,1H3;1H2/b21-16-,24-14+;;;. The predicted octanol–water partition coefficient (Wildman–Crippen LogP) is 6.89. The van der Waals surface area contributed by atoms with Crippen LogP contribution in [0.4, 0.5) is 5.69 Å². The molecule has 1 heterocycles. The molecule has 1 saturated heterocycles. The minimum atomic E-state index is 0.331. The summed E-state index contributed by atoms with van der Waals surface area (Å²) in [5.74, 6) is 3.84. The van der Waals surface area contributed by atoms with Crippen molar-refractivity contribution in [2.24, 2.45) is 17.6 Å². The number of rotatable bonds is 11. The predicted molar refractivity (Wildman–Crippen MR) is 186 cm³/mol.